The van der Waals surface area contributed by atoms with E-state index in [4.69, 9.17) is 6.42 Å². The van der Waals surface area contributed by atoms with E-state index in [9.17, 15) is 18.0 Å². The molecule has 1 atom stereocenters. The summed E-state index contributed by atoms with van der Waals surface area (Å²) in [4.78, 5) is 12.8. The van der Waals surface area contributed by atoms with E-state index in [0.717, 1.165) is 18.2 Å². The summed E-state index contributed by atoms with van der Waals surface area (Å²) in [6, 6.07) is 6.86. The lowest BCUT2D eigenvalue weighted by Gasteiger charge is -2.28. The maximum atomic E-state index is 14.1. The second-order valence-corrected chi connectivity index (χ2v) is 5.44. The number of terminal acetylenes is 1. The highest BCUT2D eigenvalue weighted by atomic mass is 19.1. The zero-order valence-electron chi connectivity index (χ0n) is 13.1. The van der Waals surface area contributed by atoms with Gasteiger partial charge in [0.2, 0.25) is 0 Å². The van der Waals surface area contributed by atoms with E-state index in [0.29, 0.717) is 11.8 Å². The highest BCUT2D eigenvalue weighted by Crippen LogP contribution is 2.28. The van der Waals surface area contributed by atoms with Gasteiger partial charge >= 0.3 is 0 Å². The molecule has 0 spiro atoms. The normalized spacial score (nSPS) is 12.0. The average Bonchev–Trinajstić information content (AvgIpc) is 2.55. The number of benzene rings is 2. The van der Waals surface area contributed by atoms with Crippen LogP contribution in [0.15, 0.2) is 36.4 Å². The quantitative estimate of drug-likeness (QED) is 0.586. The van der Waals surface area contributed by atoms with Crippen molar-refractivity contribution in [3.63, 3.8) is 0 Å². The van der Waals surface area contributed by atoms with Crippen molar-refractivity contribution in [1.29, 1.82) is 0 Å². The molecule has 0 saturated carbocycles. The molecule has 0 N–H and O–H groups in total. The van der Waals surface area contributed by atoms with Crippen LogP contribution < -0.4 is 0 Å². The Balaban J connectivity index is 2.35. The molecule has 2 rings (SSSR count). The molecule has 0 aromatic heterocycles. The molecule has 0 aliphatic rings. The minimum absolute atomic E-state index is 0.0523. The zero-order valence-corrected chi connectivity index (χ0v) is 13.1. The number of rotatable bonds is 6. The van der Waals surface area contributed by atoms with Gasteiger partial charge in [-0.15, -0.1) is 12.3 Å². The van der Waals surface area contributed by atoms with Gasteiger partial charge < -0.3 is 0 Å². The largest absolute Gasteiger partial charge is 0.298 e. The molecule has 124 valence electrons. The van der Waals surface area contributed by atoms with Gasteiger partial charge in [0.25, 0.3) is 0 Å². The summed E-state index contributed by atoms with van der Waals surface area (Å²) >= 11 is 0. The van der Waals surface area contributed by atoms with Crippen LogP contribution in [0.5, 0.6) is 0 Å². The standard InChI is InChI=1S/C19H16F3NO/c1-3-5-19(15-10-14(20)8-9-18(15)22)23(2)11-13-6-4-7-17(21)16(13)12-24/h1,4,6-10,12,19H,5,11H2,2H3. The van der Waals surface area contributed by atoms with Crippen LogP contribution in [0.1, 0.15) is 33.9 Å². The van der Waals surface area contributed by atoms with Crippen LogP contribution in [0.25, 0.3) is 0 Å². The summed E-state index contributed by atoms with van der Waals surface area (Å²) in [5, 5.41) is 0. The Morgan fingerprint density at radius 1 is 1.21 bits per heavy atom. The summed E-state index contributed by atoms with van der Waals surface area (Å²) in [5.74, 6) is 0.682. The maximum Gasteiger partial charge on any atom is 0.153 e. The minimum atomic E-state index is -0.624. The molecule has 0 aliphatic heterocycles. The molecule has 0 fully saturated rings. The van der Waals surface area contributed by atoms with Gasteiger partial charge in [-0.3, -0.25) is 9.69 Å². The van der Waals surface area contributed by atoms with Gasteiger partial charge in [0.1, 0.15) is 17.5 Å². The third-order valence-corrected chi connectivity index (χ3v) is 3.84. The molecular formula is C19H16F3NO. The van der Waals surface area contributed by atoms with E-state index >= 15 is 0 Å². The number of halogens is 3. The van der Waals surface area contributed by atoms with Crippen molar-refractivity contribution in [2.45, 2.75) is 19.0 Å². The molecule has 0 radical (unpaired) electrons. The Kier molecular flexibility index (Phi) is 5.78. The van der Waals surface area contributed by atoms with Crippen LogP contribution >= 0.6 is 0 Å². The van der Waals surface area contributed by atoms with E-state index in [1.165, 1.54) is 12.1 Å². The predicted molar refractivity (Wildman–Crippen MR) is 85.8 cm³/mol. The highest BCUT2D eigenvalue weighted by Gasteiger charge is 2.22. The van der Waals surface area contributed by atoms with Crippen molar-refractivity contribution in [1.82, 2.24) is 4.90 Å². The van der Waals surface area contributed by atoms with Gasteiger partial charge in [-0.2, -0.15) is 0 Å². The van der Waals surface area contributed by atoms with Crippen LogP contribution in [-0.2, 0) is 6.54 Å². The molecule has 24 heavy (non-hydrogen) atoms. The Hall–Kier alpha value is -2.58. The van der Waals surface area contributed by atoms with Gasteiger partial charge in [0.15, 0.2) is 6.29 Å². The maximum absolute atomic E-state index is 14.1. The fourth-order valence-electron chi connectivity index (χ4n) is 2.62. The number of aldehydes is 1. The van der Waals surface area contributed by atoms with Crippen molar-refractivity contribution < 1.29 is 18.0 Å². The summed E-state index contributed by atoms with van der Waals surface area (Å²) < 4.78 is 41.2. The number of carbonyl (C=O) groups is 1. The molecule has 5 heteroatoms. The van der Waals surface area contributed by atoms with Crippen molar-refractivity contribution in [2.24, 2.45) is 0 Å². The molecule has 0 saturated heterocycles. The lowest BCUT2D eigenvalue weighted by atomic mass is 10.00. The van der Waals surface area contributed by atoms with Crippen LogP contribution in [0.4, 0.5) is 13.2 Å². The van der Waals surface area contributed by atoms with Gasteiger partial charge in [-0.1, -0.05) is 12.1 Å². The SMILES string of the molecule is C#CCC(c1cc(F)ccc1F)N(C)Cc1cccc(F)c1C=O. The molecule has 0 heterocycles. The molecule has 2 aromatic rings. The van der Waals surface area contributed by atoms with Gasteiger partial charge in [-0.05, 0) is 36.9 Å². The van der Waals surface area contributed by atoms with E-state index in [1.807, 2.05) is 0 Å². The third kappa shape index (κ3) is 3.84. The van der Waals surface area contributed by atoms with Crippen molar-refractivity contribution in [3.8, 4) is 12.3 Å². The number of carbonyl (C=O) groups excluding carboxylic acids is 1. The topological polar surface area (TPSA) is 20.3 Å². The van der Waals surface area contributed by atoms with E-state index in [1.54, 1.807) is 18.0 Å². The summed E-state index contributed by atoms with van der Waals surface area (Å²) in [6.07, 6.45) is 5.94. The monoisotopic (exact) mass is 331 g/mol. The lowest BCUT2D eigenvalue weighted by molar-refractivity contribution is 0.111. The van der Waals surface area contributed by atoms with Crippen molar-refractivity contribution >= 4 is 6.29 Å². The lowest BCUT2D eigenvalue weighted by Crippen LogP contribution is -2.25. The van der Waals surface area contributed by atoms with Crippen LogP contribution in [0.3, 0.4) is 0 Å². The Morgan fingerprint density at radius 2 is 1.96 bits per heavy atom. The molecular weight excluding hydrogens is 315 g/mol. The fourth-order valence-corrected chi connectivity index (χ4v) is 2.62. The zero-order chi connectivity index (χ0) is 17.7. The molecule has 2 nitrogen and oxygen atoms in total. The van der Waals surface area contributed by atoms with Gasteiger partial charge in [0, 0.05) is 24.6 Å². The van der Waals surface area contributed by atoms with Crippen molar-refractivity contribution in [3.05, 3.63) is 70.5 Å². The van der Waals surface area contributed by atoms with E-state index < -0.39 is 23.5 Å². The first-order valence-corrected chi connectivity index (χ1v) is 7.29. The first kappa shape index (κ1) is 17.8. The average molecular weight is 331 g/mol. The smallest absolute Gasteiger partial charge is 0.153 e. The first-order chi connectivity index (χ1) is 11.5. The van der Waals surface area contributed by atoms with Crippen LogP contribution in [0.2, 0.25) is 0 Å². The van der Waals surface area contributed by atoms with E-state index in [2.05, 4.69) is 5.92 Å². The summed E-state index contributed by atoms with van der Waals surface area (Å²) in [7, 11) is 1.66. The molecule has 1 unspecified atom stereocenters. The van der Waals surface area contributed by atoms with Gasteiger partial charge in [0.05, 0.1) is 5.56 Å². The Bertz CT molecular complexity index is 783. The third-order valence-electron chi connectivity index (χ3n) is 3.84. The Labute approximate surface area is 138 Å². The fraction of sp³-hybridized carbons (Fsp3) is 0.211. The number of nitrogens with zero attached hydrogens (tertiary/aromatic N) is 1. The summed E-state index contributed by atoms with van der Waals surface area (Å²) in [5.41, 5.74) is 0.523. The second-order valence-electron chi connectivity index (χ2n) is 5.44. The molecule has 2 aromatic carbocycles. The predicted octanol–water partition coefficient (Wildman–Crippen LogP) is 4.11. The number of hydrogen-bond acceptors (Lipinski definition) is 2. The van der Waals surface area contributed by atoms with Gasteiger partial charge in [-0.25, -0.2) is 13.2 Å². The highest BCUT2D eigenvalue weighted by molar-refractivity contribution is 5.77. The Morgan fingerprint density at radius 3 is 2.62 bits per heavy atom. The molecule has 0 aliphatic carbocycles. The molecule has 0 bridgehead atoms. The second kappa shape index (κ2) is 7.80. The van der Waals surface area contributed by atoms with Crippen molar-refractivity contribution in [2.75, 3.05) is 7.05 Å². The first-order valence-electron chi connectivity index (χ1n) is 7.29. The number of hydrogen-bond donors (Lipinski definition) is 0. The summed E-state index contributed by atoms with van der Waals surface area (Å²) in [6.45, 7) is 0.161. The van der Waals surface area contributed by atoms with E-state index in [-0.39, 0.29) is 24.1 Å². The van der Waals surface area contributed by atoms with Crippen LogP contribution in [-0.4, -0.2) is 18.2 Å². The van der Waals surface area contributed by atoms with Crippen LogP contribution in [0, 0.1) is 29.8 Å². The molecule has 0 amide bonds. The minimum Gasteiger partial charge on any atom is -0.298 e.